The van der Waals surface area contributed by atoms with Crippen molar-refractivity contribution in [1.82, 2.24) is 0 Å². The fourth-order valence-corrected chi connectivity index (χ4v) is 9.06. The molecule has 32 heavy (non-hydrogen) atoms. The third-order valence-electron chi connectivity index (χ3n) is 10.6. The Morgan fingerprint density at radius 2 is 1.94 bits per heavy atom. The zero-order valence-corrected chi connectivity index (χ0v) is 21.1. The van der Waals surface area contributed by atoms with E-state index in [-0.39, 0.29) is 29.5 Å². The number of esters is 1. The third-order valence-corrected chi connectivity index (χ3v) is 10.6. The quantitative estimate of drug-likeness (QED) is 0.551. The standard InChI is InChI=1S/C28H44O4/c1-7-25(30)28(6)14-16(2)12-19-22-9-8-21(27(22,5)11-10-23(19)28)18(4)24-13-17(3)20(15-29)26(31)32-24/h16,18-19,21-24,29H,7-15H2,1-6H3/t16-,18+,19+,21-,22+,23+,24-,27-,28+/m1/s1. The number of rotatable bonds is 5. The lowest BCUT2D eigenvalue weighted by molar-refractivity contribution is -0.154. The highest BCUT2D eigenvalue weighted by atomic mass is 16.5. The van der Waals surface area contributed by atoms with Gasteiger partial charge in [0.05, 0.1) is 12.2 Å². The van der Waals surface area contributed by atoms with Gasteiger partial charge in [0, 0.05) is 18.3 Å². The number of cyclic esters (lactones) is 1. The summed E-state index contributed by atoms with van der Waals surface area (Å²) in [6.07, 6.45) is 8.42. The predicted octanol–water partition coefficient (Wildman–Crippen LogP) is 5.72. The van der Waals surface area contributed by atoms with Crippen molar-refractivity contribution in [3.63, 3.8) is 0 Å². The Morgan fingerprint density at radius 3 is 2.56 bits per heavy atom. The number of Topliss-reactive ketones (excluding diaryl/α,β-unsaturated/α-hetero) is 1. The number of ether oxygens (including phenoxy) is 1. The van der Waals surface area contributed by atoms with E-state index < -0.39 is 0 Å². The smallest absolute Gasteiger partial charge is 0.336 e. The van der Waals surface area contributed by atoms with Gasteiger partial charge < -0.3 is 9.84 Å². The van der Waals surface area contributed by atoms with E-state index in [0.29, 0.717) is 53.3 Å². The number of carbonyl (C=O) groups is 2. The molecule has 4 heteroatoms. The lowest BCUT2D eigenvalue weighted by Crippen LogP contribution is -2.53. The van der Waals surface area contributed by atoms with Crippen molar-refractivity contribution in [1.29, 1.82) is 0 Å². The highest BCUT2D eigenvalue weighted by Crippen LogP contribution is 2.66. The summed E-state index contributed by atoms with van der Waals surface area (Å²) in [7, 11) is 0. The summed E-state index contributed by atoms with van der Waals surface area (Å²) in [5.74, 6) is 3.46. The van der Waals surface area contributed by atoms with Crippen LogP contribution in [0, 0.1) is 46.3 Å². The van der Waals surface area contributed by atoms with Crippen LogP contribution in [0.2, 0.25) is 0 Å². The summed E-state index contributed by atoms with van der Waals surface area (Å²) in [4.78, 5) is 25.5. The molecule has 0 aromatic rings. The van der Waals surface area contributed by atoms with Crippen molar-refractivity contribution in [3.8, 4) is 0 Å². The van der Waals surface area contributed by atoms with Gasteiger partial charge in [0.25, 0.3) is 0 Å². The monoisotopic (exact) mass is 444 g/mol. The molecule has 180 valence electrons. The molecule has 0 bridgehead atoms. The molecule has 9 atom stereocenters. The first kappa shape index (κ1) is 24.0. The molecule has 4 rings (SSSR count). The van der Waals surface area contributed by atoms with E-state index in [1.165, 1.54) is 25.7 Å². The second kappa shape index (κ2) is 8.56. The largest absolute Gasteiger partial charge is 0.458 e. The SMILES string of the molecule is CCC(=O)[C@@]1(C)C[C@H](C)C[C@H]2[C@@H]3CC[C@H]([C@H](C)[C@H]4CC(C)=C(CO)C(=O)O4)[C@@]3(C)CC[C@@H]21. The van der Waals surface area contributed by atoms with Gasteiger partial charge in [-0.05, 0) is 86.4 Å². The highest BCUT2D eigenvalue weighted by molar-refractivity contribution is 5.90. The molecular weight excluding hydrogens is 400 g/mol. The topological polar surface area (TPSA) is 63.6 Å². The van der Waals surface area contributed by atoms with E-state index >= 15 is 0 Å². The van der Waals surface area contributed by atoms with E-state index in [0.717, 1.165) is 24.8 Å². The molecule has 1 N–H and O–H groups in total. The van der Waals surface area contributed by atoms with Crippen LogP contribution in [0.4, 0.5) is 0 Å². The van der Waals surface area contributed by atoms with Gasteiger partial charge in [-0.25, -0.2) is 4.79 Å². The number of carbonyl (C=O) groups excluding carboxylic acids is 2. The molecule has 3 fully saturated rings. The number of hydrogen-bond acceptors (Lipinski definition) is 4. The van der Waals surface area contributed by atoms with Crippen LogP contribution in [0.15, 0.2) is 11.1 Å². The van der Waals surface area contributed by atoms with Gasteiger partial charge in [-0.15, -0.1) is 0 Å². The Balaban J connectivity index is 1.57. The summed E-state index contributed by atoms with van der Waals surface area (Å²) in [6, 6.07) is 0. The maximum Gasteiger partial charge on any atom is 0.336 e. The second-order valence-corrected chi connectivity index (χ2v) is 12.3. The van der Waals surface area contributed by atoms with Gasteiger partial charge >= 0.3 is 5.97 Å². The molecule has 3 saturated carbocycles. The normalized spacial score (nSPS) is 45.2. The third kappa shape index (κ3) is 3.60. The van der Waals surface area contributed by atoms with Gasteiger partial charge in [0.2, 0.25) is 0 Å². The molecule has 0 radical (unpaired) electrons. The molecule has 4 nitrogen and oxygen atoms in total. The van der Waals surface area contributed by atoms with Crippen LogP contribution in [-0.2, 0) is 14.3 Å². The first-order valence-corrected chi connectivity index (χ1v) is 13.1. The molecule has 0 unspecified atom stereocenters. The van der Waals surface area contributed by atoms with Crippen LogP contribution in [0.25, 0.3) is 0 Å². The molecule has 0 amide bonds. The average Bonchev–Trinajstić information content (AvgIpc) is 3.09. The Bertz CT molecular complexity index is 799. The molecule has 0 spiro atoms. The number of aliphatic hydroxyl groups excluding tert-OH is 1. The van der Waals surface area contributed by atoms with Crippen molar-refractivity contribution in [2.75, 3.05) is 6.61 Å². The van der Waals surface area contributed by atoms with E-state index in [9.17, 15) is 14.7 Å². The van der Waals surface area contributed by atoms with Crippen molar-refractivity contribution in [2.24, 2.45) is 46.3 Å². The molecule has 0 aromatic heterocycles. The van der Waals surface area contributed by atoms with Crippen LogP contribution in [-0.4, -0.2) is 29.6 Å². The highest BCUT2D eigenvalue weighted by Gasteiger charge is 2.61. The summed E-state index contributed by atoms with van der Waals surface area (Å²) in [5.41, 5.74) is 1.54. The van der Waals surface area contributed by atoms with E-state index in [2.05, 4.69) is 27.7 Å². The Labute approximate surface area is 194 Å². The zero-order chi connectivity index (χ0) is 23.4. The van der Waals surface area contributed by atoms with Crippen LogP contribution >= 0.6 is 0 Å². The number of aliphatic hydroxyl groups is 1. The van der Waals surface area contributed by atoms with Crippen molar-refractivity contribution >= 4 is 11.8 Å². The second-order valence-electron chi connectivity index (χ2n) is 12.3. The van der Waals surface area contributed by atoms with Gasteiger partial charge in [0.15, 0.2) is 0 Å². The van der Waals surface area contributed by atoms with Gasteiger partial charge in [-0.3, -0.25) is 4.79 Å². The maximum absolute atomic E-state index is 13.1. The van der Waals surface area contributed by atoms with Crippen molar-refractivity contribution < 1.29 is 19.4 Å². The molecule has 0 aromatic carbocycles. The Kier molecular flexibility index (Phi) is 6.42. The van der Waals surface area contributed by atoms with Gasteiger partial charge in [-0.1, -0.05) is 40.2 Å². The fraction of sp³-hybridized carbons (Fsp3) is 0.857. The lowest BCUT2D eigenvalue weighted by atomic mass is 9.46. The van der Waals surface area contributed by atoms with Crippen molar-refractivity contribution in [3.05, 3.63) is 11.1 Å². The number of ketones is 1. The Morgan fingerprint density at radius 1 is 1.22 bits per heavy atom. The van der Waals surface area contributed by atoms with Crippen LogP contribution in [0.1, 0.15) is 92.9 Å². The summed E-state index contributed by atoms with van der Waals surface area (Å²) < 4.78 is 5.86. The van der Waals surface area contributed by atoms with Crippen LogP contribution in [0.3, 0.4) is 0 Å². The van der Waals surface area contributed by atoms with E-state index in [1.807, 2.05) is 13.8 Å². The summed E-state index contributed by atoms with van der Waals surface area (Å²) >= 11 is 0. The summed E-state index contributed by atoms with van der Waals surface area (Å²) in [6.45, 7) is 13.2. The van der Waals surface area contributed by atoms with Crippen molar-refractivity contribution in [2.45, 2.75) is 99.0 Å². The fourth-order valence-electron chi connectivity index (χ4n) is 9.06. The Hall–Kier alpha value is -1.16. The molecule has 0 saturated heterocycles. The maximum atomic E-state index is 13.1. The van der Waals surface area contributed by atoms with Crippen LogP contribution in [0.5, 0.6) is 0 Å². The zero-order valence-electron chi connectivity index (χ0n) is 21.1. The van der Waals surface area contributed by atoms with E-state index in [1.54, 1.807) is 0 Å². The van der Waals surface area contributed by atoms with Crippen LogP contribution < -0.4 is 0 Å². The number of fused-ring (bicyclic) bond motifs is 3. The molecule has 4 aliphatic rings. The lowest BCUT2D eigenvalue weighted by Gasteiger charge is -2.58. The first-order valence-electron chi connectivity index (χ1n) is 13.1. The van der Waals surface area contributed by atoms with Gasteiger partial charge in [-0.2, -0.15) is 0 Å². The average molecular weight is 445 g/mol. The first-order chi connectivity index (χ1) is 15.1. The minimum Gasteiger partial charge on any atom is -0.458 e. The predicted molar refractivity (Wildman–Crippen MR) is 126 cm³/mol. The molecule has 1 heterocycles. The molecular formula is C28H44O4. The molecule has 3 aliphatic carbocycles. The van der Waals surface area contributed by atoms with Gasteiger partial charge in [0.1, 0.15) is 11.9 Å². The number of hydrogen-bond donors (Lipinski definition) is 1. The minimum atomic E-state index is -0.327. The summed E-state index contributed by atoms with van der Waals surface area (Å²) in [5, 5.41) is 9.51. The minimum absolute atomic E-state index is 0.0895. The van der Waals surface area contributed by atoms with E-state index in [4.69, 9.17) is 4.74 Å². The molecule has 1 aliphatic heterocycles.